The van der Waals surface area contributed by atoms with Crippen molar-refractivity contribution in [1.82, 2.24) is 5.32 Å². The fourth-order valence-electron chi connectivity index (χ4n) is 2.37. The molecule has 1 aromatic rings. The normalized spacial score (nSPS) is 18.4. The smallest absolute Gasteiger partial charge is 0.337 e. The number of aromatic carboxylic acids is 1. The quantitative estimate of drug-likeness (QED) is 0.886. The zero-order valence-corrected chi connectivity index (χ0v) is 11.3. The molecule has 0 aromatic heterocycles. The number of amides is 1. The van der Waals surface area contributed by atoms with Crippen molar-refractivity contribution in [1.29, 1.82) is 0 Å². The number of likely N-dealkylation sites (N-methyl/N-ethyl adjacent to an activating group) is 1. The van der Waals surface area contributed by atoms with Gasteiger partial charge in [-0.25, -0.2) is 4.79 Å². The first-order valence-electron chi connectivity index (χ1n) is 6.05. The second kappa shape index (κ2) is 5.48. The number of carbonyl (C=O) groups excluding carboxylic acids is 1. The number of hydrogen-bond acceptors (Lipinski definition) is 3. The minimum atomic E-state index is -1.05. The second-order valence-corrected chi connectivity index (χ2v) is 4.84. The SMILES string of the molecule is CNC(=O)C1CCCN1c1ccc(C(=O)O)c(Cl)c1. The number of rotatable bonds is 3. The van der Waals surface area contributed by atoms with Crippen LogP contribution >= 0.6 is 11.6 Å². The maximum absolute atomic E-state index is 11.8. The summed E-state index contributed by atoms with van der Waals surface area (Å²) in [6, 6.07) is 4.55. The highest BCUT2D eigenvalue weighted by atomic mass is 35.5. The molecule has 0 spiro atoms. The summed E-state index contributed by atoms with van der Waals surface area (Å²) in [5, 5.41) is 11.8. The summed E-state index contributed by atoms with van der Waals surface area (Å²) in [6.45, 7) is 0.765. The second-order valence-electron chi connectivity index (χ2n) is 4.43. The molecular formula is C13H15ClN2O3. The predicted molar refractivity (Wildman–Crippen MR) is 72.8 cm³/mol. The third kappa shape index (κ3) is 2.66. The molecule has 1 atom stereocenters. The number of nitrogens with one attached hydrogen (secondary N) is 1. The molecule has 102 valence electrons. The molecule has 1 aliphatic heterocycles. The van der Waals surface area contributed by atoms with Crippen LogP contribution in [0.2, 0.25) is 5.02 Å². The molecule has 0 saturated carbocycles. The molecule has 1 fully saturated rings. The summed E-state index contributed by atoms with van der Waals surface area (Å²) in [7, 11) is 1.61. The van der Waals surface area contributed by atoms with Crippen LogP contribution in [0.15, 0.2) is 18.2 Å². The van der Waals surface area contributed by atoms with Crippen LogP contribution in [0.4, 0.5) is 5.69 Å². The Morgan fingerprint density at radius 3 is 2.79 bits per heavy atom. The van der Waals surface area contributed by atoms with Gasteiger partial charge in [0.15, 0.2) is 0 Å². The van der Waals surface area contributed by atoms with Crippen molar-refractivity contribution in [2.45, 2.75) is 18.9 Å². The third-order valence-corrected chi connectivity index (χ3v) is 3.63. The van der Waals surface area contributed by atoms with Crippen LogP contribution in [0.3, 0.4) is 0 Å². The van der Waals surface area contributed by atoms with Crippen molar-refractivity contribution < 1.29 is 14.7 Å². The molecule has 5 nitrogen and oxygen atoms in total. The van der Waals surface area contributed by atoms with E-state index in [-0.39, 0.29) is 22.5 Å². The van der Waals surface area contributed by atoms with Gasteiger partial charge in [-0.3, -0.25) is 4.79 Å². The van der Waals surface area contributed by atoms with Gasteiger partial charge in [0, 0.05) is 19.3 Å². The molecule has 2 rings (SSSR count). The van der Waals surface area contributed by atoms with Gasteiger partial charge in [-0.1, -0.05) is 11.6 Å². The molecule has 2 N–H and O–H groups in total. The van der Waals surface area contributed by atoms with Crippen molar-refractivity contribution in [2.75, 3.05) is 18.5 Å². The number of carboxylic acid groups (broad SMARTS) is 1. The Kier molecular flexibility index (Phi) is 3.95. The van der Waals surface area contributed by atoms with Gasteiger partial charge in [-0.15, -0.1) is 0 Å². The fraction of sp³-hybridized carbons (Fsp3) is 0.385. The maximum atomic E-state index is 11.8. The van der Waals surface area contributed by atoms with Crippen molar-refractivity contribution in [3.8, 4) is 0 Å². The summed E-state index contributed by atoms with van der Waals surface area (Å²) in [5.41, 5.74) is 0.849. The molecular weight excluding hydrogens is 268 g/mol. The molecule has 6 heteroatoms. The Bertz CT molecular complexity index is 519. The molecule has 0 aliphatic carbocycles. The Morgan fingerprint density at radius 1 is 1.47 bits per heavy atom. The van der Waals surface area contributed by atoms with Gasteiger partial charge in [0.05, 0.1) is 10.6 Å². The Balaban J connectivity index is 2.29. The highest BCUT2D eigenvalue weighted by Gasteiger charge is 2.30. The molecule has 1 amide bonds. The number of halogens is 1. The van der Waals surface area contributed by atoms with E-state index in [1.807, 2.05) is 4.90 Å². The van der Waals surface area contributed by atoms with E-state index in [1.54, 1.807) is 19.2 Å². The van der Waals surface area contributed by atoms with E-state index < -0.39 is 5.97 Å². The van der Waals surface area contributed by atoms with Gasteiger partial charge in [0.1, 0.15) is 6.04 Å². The van der Waals surface area contributed by atoms with Gasteiger partial charge >= 0.3 is 5.97 Å². The van der Waals surface area contributed by atoms with E-state index in [0.717, 1.165) is 25.1 Å². The molecule has 0 radical (unpaired) electrons. The van der Waals surface area contributed by atoms with Crippen LogP contribution in [0, 0.1) is 0 Å². The summed E-state index contributed by atoms with van der Waals surface area (Å²) in [5.74, 6) is -1.09. The largest absolute Gasteiger partial charge is 0.478 e. The van der Waals surface area contributed by atoms with E-state index in [4.69, 9.17) is 16.7 Å². The van der Waals surface area contributed by atoms with Crippen LogP contribution in [0.25, 0.3) is 0 Å². The lowest BCUT2D eigenvalue weighted by atomic mass is 10.1. The fourth-order valence-corrected chi connectivity index (χ4v) is 2.63. The van der Waals surface area contributed by atoms with Crippen molar-refractivity contribution in [2.24, 2.45) is 0 Å². The first-order chi connectivity index (χ1) is 9.04. The van der Waals surface area contributed by atoms with Crippen molar-refractivity contribution in [3.63, 3.8) is 0 Å². The average molecular weight is 283 g/mol. The monoisotopic (exact) mass is 282 g/mol. The zero-order chi connectivity index (χ0) is 14.0. The summed E-state index contributed by atoms with van der Waals surface area (Å²) < 4.78 is 0. The van der Waals surface area contributed by atoms with Crippen LogP contribution in [0.1, 0.15) is 23.2 Å². The van der Waals surface area contributed by atoms with Crippen molar-refractivity contribution in [3.05, 3.63) is 28.8 Å². The standard InChI is InChI=1S/C13H15ClN2O3/c1-15-12(17)11-3-2-6-16(11)8-4-5-9(13(18)19)10(14)7-8/h4-5,7,11H,2-3,6H2,1H3,(H,15,17)(H,18,19). The van der Waals surface area contributed by atoms with Crippen LogP contribution < -0.4 is 10.2 Å². The first-order valence-corrected chi connectivity index (χ1v) is 6.43. The highest BCUT2D eigenvalue weighted by Crippen LogP contribution is 2.29. The number of anilines is 1. The Hall–Kier alpha value is -1.75. The third-order valence-electron chi connectivity index (χ3n) is 3.32. The topological polar surface area (TPSA) is 69.6 Å². The minimum Gasteiger partial charge on any atom is -0.478 e. The number of benzene rings is 1. The Labute approximate surface area is 116 Å². The molecule has 1 aromatic carbocycles. The number of carboxylic acids is 1. The summed E-state index contributed by atoms with van der Waals surface area (Å²) >= 11 is 5.96. The van der Waals surface area contributed by atoms with Gasteiger partial charge in [-0.05, 0) is 31.0 Å². The predicted octanol–water partition coefficient (Wildman–Crippen LogP) is 1.75. The zero-order valence-electron chi connectivity index (χ0n) is 10.5. The van der Waals surface area contributed by atoms with Gasteiger partial charge in [0.2, 0.25) is 5.91 Å². The lowest BCUT2D eigenvalue weighted by molar-refractivity contribution is -0.121. The van der Waals surface area contributed by atoms with Gasteiger partial charge < -0.3 is 15.3 Å². The minimum absolute atomic E-state index is 0.0315. The van der Waals surface area contributed by atoms with Crippen LogP contribution in [0.5, 0.6) is 0 Å². The van der Waals surface area contributed by atoms with E-state index in [0.29, 0.717) is 0 Å². The van der Waals surface area contributed by atoms with E-state index in [9.17, 15) is 9.59 Å². The highest BCUT2D eigenvalue weighted by molar-refractivity contribution is 6.33. The number of carbonyl (C=O) groups is 2. The number of hydrogen-bond donors (Lipinski definition) is 2. The Morgan fingerprint density at radius 2 is 2.21 bits per heavy atom. The molecule has 1 aliphatic rings. The molecule has 1 saturated heterocycles. The molecule has 19 heavy (non-hydrogen) atoms. The lowest BCUT2D eigenvalue weighted by Gasteiger charge is -2.25. The lowest BCUT2D eigenvalue weighted by Crippen LogP contribution is -2.42. The van der Waals surface area contributed by atoms with Crippen LogP contribution in [-0.2, 0) is 4.79 Å². The van der Waals surface area contributed by atoms with E-state index in [1.165, 1.54) is 6.07 Å². The molecule has 0 bridgehead atoms. The maximum Gasteiger partial charge on any atom is 0.337 e. The van der Waals surface area contributed by atoms with Crippen LogP contribution in [-0.4, -0.2) is 36.6 Å². The first kappa shape index (κ1) is 13.7. The summed E-state index contributed by atoms with van der Waals surface area (Å²) in [6.07, 6.45) is 1.72. The van der Waals surface area contributed by atoms with E-state index in [2.05, 4.69) is 5.32 Å². The molecule has 1 heterocycles. The molecule has 1 unspecified atom stereocenters. The average Bonchev–Trinajstić information content (AvgIpc) is 2.86. The number of nitrogens with zero attached hydrogens (tertiary/aromatic N) is 1. The van der Waals surface area contributed by atoms with Crippen molar-refractivity contribution >= 4 is 29.2 Å². The van der Waals surface area contributed by atoms with Gasteiger partial charge in [-0.2, -0.15) is 0 Å². The van der Waals surface area contributed by atoms with Gasteiger partial charge in [0.25, 0.3) is 0 Å². The van der Waals surface area contributed by atoms with E-state index >= 15 is 0 Å². The summed E-state index contributed by atoms with van der Waals surface area (Å²) in [4.78, 5) is 24.6.